The van der Waals surface area contributed by atoms with Crippen molar-refractivity contribution in [3.05, 3.63) is 83.1 Å². The number of ether oxygens (including phenoxy) is 1. The second-order valence-corrected chi connectivity index (χ2v) is 8.42. The molecular formula is C24H23FN4OS. The molecule has 1 atom stereocenters. The first kappa shape index (κ1) is 20.0. The number of nitrogens with zero attached hydrogens (tertiary/aromatic N) is 3. The lowest BCUT2D eigenvalue weighted by Crippen LogP contribution is -2.36. The summed E-state index contributed by atoms with van der Waals surface area (Å²) in [5.74, 6) is 0.247. The molecule has 7 heteroatoms. The van der Waals surface area contributed by atoms with E-state index in [0.29, 0.717) is 17.9 Å². The summed E-state index contributed by atoms with van der Waals surface area (Å²) < 4.78 is 20.5. The van der Waals surface area contributed by atoms with Gasteiger partial charge >= 0.3 is 0 Å². The van der Waals surface area contributed by atoms with E-state index in [1.165, 1.54) is 28.8 Å². The Morgan fingerprint density at radius 2 is 2.00 bits per heavy atom. The van der Waals surface area contributed by atoms with Crippen LogP contribution in [0.2, 0.25) is 0 Å². The van der Waals surface area contributed by atoms with E-state index in [9.17, 15) is 0 Å². The van der Waals surface area contributed by atoms with E-state index in [2.05, 4.69) is 38.1 Å². The van der Waals surface area contributed by atoms with Crippen LogP contribution in [0, 0.1) is 5.82 Å². The second-order valence-electron chi connectivity index (χ2n) is 7.65. The van der Waals surface area contributed by atoms with Crippen LogP contribution >= 0.6 is 11.8 Å². The first-order valence-electron chi connectivity index (χ1n) is 10.2. The van der Waals surface area contributed by atoms with E-state index in [4.69, 9.17) is 4.74 Å². The van der Waals surface area contributed by atoms with Crippen molar-refractivity contribution in [2.75, 3.05) is 19.9 Å². The highest BCUT2D eigenvalue weighted by molar-refractivity contribution is 7.98. The van der Waals surface area contributed by atoms with Gasteiger partial charge < -0.3 is 9.72 Å². The largest absolute Gasteiger partial charge is 0.497 e. The molecule has 0 amide bonds. The van der Waals surface area contributed by atoms with Crippen LogP contribution in [0.1, 0.15) is 28.4 Å². The normalized spacial score (nSPS) is 16.4. The fourth-order valence-electron chi connectivity index (χ4n) is 4.43. The van der Waals surface area contributed by atoms with Gasteiger partial charge in [-0.3, -0.25) is 4.90 Å². The van der Waals surface area contributed by atoms with Crippen LogP contribution in [0.15, 0.2) is 60.0 Å². The Kier molecular flexibility index (Phi) is 5.38. The number of para-hydroxylation sites is 1. The number of aromatic nitrogens is 3. The number of aromatic amines is 1. The van der Waals surface area contributed by atoms with Gasteiger partial charge in [0.1, 0.15) is 11.6 Å². The summed E-state index contributed by atoms with van der Waals surface area (Å²) in [5.41, 5.74) is 5.05. The van der Waals surface area contributed by atoms with Gasteiger partial charge in [0.2, 0.25) is 0 Å². The summed E-state index contributed by atoms with van der Waals surface area (Å²) in [4.78, 5) is 14.7. The van der Waals surface area contributed by atoms with E-state index in [0.717, 1.165) is 34.9 Å². The quantitative estimate of drug-likeness (QED) is 0.355. The van der Waals surface area contributed by atoms with Crippen LogP contribution in [-0.2, 0) is 13.0 Å². The molecule has 0 radical (unpaired) electrons. The maximum Gasteiger partial charge on any atom is 0.187 e. The maximum absolute atomic E-state index is 15.2. The van der Waals surface area contributed by atoms with Crippen molar-refractivity contribution >= 4 is 22.7 Å². The topological polar surface area (TPSA) is 54.0 Å². The van der Waals surface area contributed by atoms with Crippen molar-refractivity contribution in [1.29, 1.82) is 0 Å². The number of thioether (sulfide) groups is 1. The van der Waals surface area contributed by atoms with Crippen LogP contribution in [0.3, 0.4) is 0 Å². The molecule has 0 aliphatic carbocycles. The number of fused-ring (bicyclic) bond motifs is 3. The Morgan fingerprint density at radius 1 is 1.19 bits per heavy atom. The SMILES string of the molecule is COc1ccc([C@H]2c3[nH]c4ccccc4c3CCN2Cc2cnc(SC)nc2)c(F)c1. The molecule has 5 nitrogen and oxygen atoms in total. The summed E-state index contributed by atoms with van der Waals surface area (Å²) in [5, 5.41) is 1.96. The van der Waals surface area contributed by atoms with E-state index in [1.54, 1.807) is 7.11 Å². The zero-order valence-electron chi connectivity index (χ0n) is 17.4. The summed E-state index contributed by atoms with van der Waals surface area (Å²) in [6, 6.07) is 13.2. The Labute approximate surface area is 184 Å². The fourth-order valence-corrected chi connectivity index (χ4v) is 4.75. The summed E-state index contributed by atoms with van der Waals surface area (Å²) in [6.07, 6.45) is 6.58. The zero-order valence-corrected chi connectivity index (χ0v) is 18.2. The van der Waals surface area contributed by atoms with Gasteiger partial charge in [0, 0.05) is 59.3 Å². The number of halogens is 1. The number of rotatable bonds is 5. The number of nitrogens with one attached hydrogen (secondary N) is 1. The first-order chi connectivity index (χ1) is 15.2. The molecule has 158 valence electrons. The molecule has 2 aromatic carbocycles. The van der Waals surface area contributed by atoms with Crippen LogP contribution in [-0.4, -0.2) is 39.8 Å². The number of H-pyrrole nitrogens is 1. The third-order valence-electron chi connectivity index (χ3n) is 5.89. The highest BCUT2D eigenvalue weighted by Gasteiger charge is 2.33. The summed E-state index contributed by atoms with van der Waals surface area (Å²) in [6.45, 7) is 1.45. The predicted molar refractivity (Wildman–Crippen MR) is 121 cm³/mol. The van der Waals surface area contributed by atoms with Crippen LogP contribution in [0.4, 0.5) is 4.39 Å². The standard InChI is InChI=1S/C24H23FN4OS/c1-30-16-7-8-19(20(25)11-16)23-22-18(17-5-3-4-6-21(17)28-22)9-10-29(23)14-15-12-26-24(31-2)27-13-15/h3-8,11-13,23,28H,9-10,14H2,1-2H3/t23-/m0/s1. The van der Waals surface area contributed by atoms with Crippen LogP contribution in [0.5, 0.6) is 5.75 Å². The van der Waals surface area contributed by atoms with Crippen LogP contribution < -0.4 is 4.74 Å². The minimum absolute atomic E-state index is 0.234. The molecule has 1 aliphatic heterocycles. The fraction of sp³-hybridized carbons (Fsp3) is 0.250. The molecule has 2 aromatic heterocycles. The average Bonchev–Trinajstić information content (AvgIpc) is 3.18. The summed E-state index contributed by atoms with van der Waals surface area (Å²) in [7, 11) is 1.55. The average molecular weight is 435 g/mol. The van der Waals surface area contributed by atoms with Crippen molar-refractivity contribution in [2.24, 2.45) is 0 Å². The molecule has 1 aliphatic rings. The molecule has 0 unspecified atom stereocenters. The minimum atomic E-state index is -0.269. The van der Waals surface area contributed by atoms with Gasteiger partial charge in [-0.1, -0.05) is 36.0 Å². The molecule has 4 aromatic rings. The molecule has 31 heavy (non-hydrogen) atoms. The van der Waals surface area contributed by atoms with Gasteiger partial charge in [0.15, 0.2) is 5.16 Å². The van der Waals surface area contributed by atoms with Crippen molar-refractivity contribution in [2.45, 2.75) is 24.2 Å². The molecule has 0 saturated heterocycles. The Bertz CT molecular complexity index is 1220. The van der Waals surface area contributed by atoms with Gasteiger partial charge in [-0.25, -0.2) is 14.4 Å². The first-order valence-corrected chi connectivity index (χ1v) is 11.4. The smallest absolute Gasteiger partial charge is 0.187 e. The molecule has 1 N–H and O–H groups in total. The second kappa shape index (κ2) is 8.32. The van der Waals surface area contributed by atoms with Crippen molar-refractivity contribution in [3.8, 4) is 5.75 Å². The predicted octanol–water partition coefficient (Wildman–Crippen LogP) is 4.98. The highest BCUT2D eigenvalue weighted by atomic mass is 32.2. The zero-order chi connectivity index (χ0) is 21.4. The van der Waals surface area contributed by atoms with E-state index in [1.807, 2.05) is 36.8 Å². The van der Waals surface area contributed by atoms with Crippen molar-refractivity contribution in [3.63, 3.8) is 0 Å². The van der Waals surface area contributed by atoms with E-state index < -0.39 is 0 Å². The highest BCUT2D eigenvalue weighted by Crippen LogP contribution is 2.40. The third-order valence-corrected chi connectivity index (χ3v) is 6.46. The number of methoxy groups -OCH3 is 1. The van der Waals surface area contributed by atoms with E-state index >= 15 is 4.39 Å². The monoisotopic (exact) mass is 434 g/mol. The molecule has 0 saturated carbocycles. The Balaban J connectivity index is 1.60. The number of hydrogen-bond donors (Lipinski definition) is 1. The van der Waals surface area contributed by atoms with Gasteiger partial charge in [-0.15, -0.1) is 0 Å². The van der Waals surface area contributed by atoms with Gasteiger partial charge in [0.25, 0.3) is 0 Å². The van der Waals surface area contributed by atoms with Crippen molar-refractivity contribution < 1.29 is 9.13 Å². The molecule has 0 spiro atoms. The Morgan fingerprint density at radius 3 is 2.74 bits per heavy atom. The van der Waals surface area contributed by atoms with Gasteiger partial charge in [0.05, 0.1) is 13.2 Å². The lowest BCUT2D eigenvalue weighted by molar-refractivity contribution is 0.197. The van der Waals surface area contributed by atoms with Crippen molar-refractivity contribution in [1.82, 2.24) is 19.9 Å². The van der Waals surface area contributed by atoms with Gasteiger partial charge in [-0.05, 0) is 30.4 Å². The van der Waals surface area contributed by atoms with Crippen LogP contribution in [0.25, 0.3) is 10.9 Å². The molecule has 5 rings (SSSR count). The summed E-state index contributed by atoms with van der Waals surface area (Å²) >= 11 is 1.52. The third kappa shape index (κ3) is 3.68. The molecular weight excluding hydrogens is 411 g/mol. The van der Waals surface area contributed by atoms with E-state index in [-0.39, 0.29) is 11.9 Å². The minimum Gasteiger partial charge on any atom is -0.497 e. The molecule has 0 bridgehead atoms. The van der Waals surface area contributed by atoms with Gasteiger partial charge in [-0.2, -0.15) is 0 Å². The molecule has 3 heterocycles. The Hall–Kier alpha value is -2.90. The lowest BCUT2D eigenvalue weighted by Gasteiger charge is -2.36. The number of hydrogen-bond acceptors (Lipinski definition) is 5. The molecule has 0 fully saturated rings. The maximum atomic E-state index is 15.2. The number of benzene rings is 2. The lowest BCUT2D eigenvalue weighted by atomic mass is 9.91.